The van der Waals surface area contributed by atoms with Gasteiger partial charge in [0, 0.05) is 24.4 Å². The van der Waals surface area contributed by atoms with Crippen LogP contribution in [-0.2, 0) is 27.4 Å². The van der Waals surface area contributed by atoms with Crippen LogP contribution >= 0.6 is 0 Å². The number of hydrogen-bond acceptors (Lipinski definition) is 10. The summed E-state index contributed by atoms with van der Waals surface area (Å²) in [7, 11) is 0. The smallest absolute Gasteiger partial charge is 0.408 e. The van der Waals surface area contributed by atoms with Crippen molar-refractivity contribution in [2.75, 3.05) is 6.54 Å². The van der Waals surface area contributed by atoms with E-state index in [-0.39, 0.29) is 30.9 Å². The largest absolute Gasteiger partial charge is 0.487 e. The molecule has 262 valence electrons. The topological polar surface area (TPSA) is 146 Å². The van der Waals surface area contributed by atoms with E-state index in [1.165, 1.54) is 4.90 Å². The molecule has 2 bridgehead atoms. The fourth-order valence-corrected chi connectivity index (χ4v) is 7.50. The third-order valence-corrected chi connectivity index (χ3v) is 10.5. The summed E-state index contributed by atoms with van der Waals surface area (Å²) >= 11 is 0. The maximum atomic E-state index is 14.2. The van der Waals surface area contributed by atoms with Crippen molar-refractivity contribution in [2.24, 2.45) is 17.3 Å². The molecule has 3 aromatic rings. The fraction of sp³-hybridized carbons (Fsp3) is 0.595. The lowest BCUT2D eigenvalue weighted by Gasteiger charge is -2.37. The number of fused-ring (bicyclic) bond motifs is 5. The minimum absolute atomic E-state index is 0.160. The Morgan fingerprint density at radius 3 is 2.65 bits per heavy atom. The maximum absolute atomic E-state index is 14.2. The van der Waals surface area contributed by atoms with Crippen molar-refractivity contribution >= 4 is 29.3 Å². The summed E-state index contributed by atoms with van der Waals surface area (Å²) in [5, 5.41) is 2.90. The summed E-state index contributed by atoms with van der Waals surface area (Å²) in [6.07, 6.45) is 11.8. The maximum Gasteiger partial charge on any atom is 0.408 e. The Kier molecular flexibility index (Phi) is 10.0. The number of ether oxygens (including phenoxy) is 3. The van der Waals surface area contributed by atoms with Gasteiger partial charge < -0.3 is 29.2 Å². The zero-order valence-corrected chi connectivity index (χ0v) is 29.2. The second kappa shape index (κ2) is 14.2. The molecule has 49 heavy (non-hydrogen) atoms. The van der Waals surface area contributed by atoms with Crippen molar-refractivity contribution < 1.29 is 28.6 Å². The van der Waals surface area contributed by atoms with Crippen LogP contribution in [-0.4, -0.2) is 73.5 Å². The third-order valence-electron chi connectivity index (χ3n) is 10.5. The van der Waals surface area contributed by atoms with E-state index in [1.54, 1.807) is 18.6 Å². The van der Waals surface area contributed by atoms with Crippen molar-refractivity contribution in [3.05, 3.63) is 48.2 Å². The minimum atomic E-state index is -0.910. The Morgan fingerprint density at radius 2 is 1.90 bits per heavy atom. The van der Waals surface area contributed by atoms with E-state index in [0.29, 0.717) is 29.3 Å². The van der Waals surface area contributed by atoms with Crippen molar-refractivity contribution in [1.82, 2.24) is 30.2 Å². The van der Waals surface area contributed by atoms with E-state index in [9.17, 15) is 14.4 Å². The molecule has 0 radical (unpaired) electrons. The number of nitrogens with one attached hydrogen (secondary N) is 1. The number of amides is 2. The first-order chi connectivity index (χ1) is 23.4. The van der Waals surface area contributed by atoms with Gasteiger partial charge in [-0.05, 0) is 68.9 Å². The van der Waals surface area contributed by atoms with Crippen molar-refractivity contribution in [3.63, 3.8) is 0 Å². The standard InChI is InChI=1S/C37H48N6O6/c1-23-30(21-44)43-20-31(23)48-33-28(40-27-14-13-26(18-29(27)41-33)47-22-25-19-38-16-17-39-25)12-8-6-7-10-24-11-9-15-37(24,5)49-35(46)42-32(34(43)45)36(2,3)4/h13-14,16-19,21,23-24,30-32H,6-12,15,20,22H2,1-5H3,(H,42,46)/t23-,24+,30+,31-,32+,37+/m0/s1. The van der Waals surface area contributed by atoms with E-state index < -0.39 is 35.3 Å². The van der Waals surface area contributed by atoms with Gasteiger partial charge in [0.25, 0.3) is 0 Å². The number of aromatic nitrogens is 4. The van der Waals surface area contributed by atoms with Crippen LogP contribution in [0, 0.1) is 17.3 Å². The van der Waals surface area contributed by atoms with E-state index in [4.69, 9.17) is 24.2 Å². The van der Waals surface area contributed by atoms with Gasteiger partial charge in [0.1, 0.15) is 42.1 Å². The summed E-state index contributed by atoms with van der Waals surface area (Å²) in [6, 6.07) is 3.93. The lowest BCUT2D eigenvalue weighted by Crippen LogP contribution is -2.57. The molecule has 1 saturated heterocycles. The molecule has 0 spiro atoms. The number of aryl methyl sites for hydroxylation is 1. The number of carbonyl (C=O) groups excluding carboxylic acids is 3. The van der Waals surface area contributed by atoms with Gasteiger partial charge in [0.05, 0.1) is 35.5 Å². The zero-order chi connectivity index (χ0) is 34.8. The number of aldehydes is 1. The molecule has 12 nitrogen and oxygen atoms in total. The molecule has 12 heteroatoms. The van der Waals surface area contributed by atoms with E-state index >= 15 is 0 Å². The Bertz CT molecular complexity index is 1660. The van der Waals surface area contributed by atoms with E-state index in [0.717, 1.165) is 62.4 Å². The van der Waals surface area contributed by atoms with Gasteiger partial charge in [-0.2, -0.15) is 0 Å². The highest BCUT2D eigenvalue weighted by atomic mass is 16.6. The van der Waals surface area contributed by atoms with E-state index in [2.05, 4.69) is 15.3 Å². The Hall–Kier alpha value is -4.35. The number of alkyl carbamates (subject to hydrolysis) is 1. The molecule has 1 N–H and O–H groups in total. The Morgan fingerprint density at radius 1 is 1.08 bits per heavy atom. The van der Waals surface area contributed by atoms with Gasteiger partial charge in [0.15, 0.2) is 0 Å². The average molecular weight is 673 g/mol. The van der Waals surface area contributed by atoms with Crippen LogP contribution in [0.15, 0.2) is 36.8 Å². The highest BCUT2D eigenvalue weighted by Gasteiger charge is 2.48. The van der Waals surface area contributed by atoms with Crippen LogP contribution in [0.4, 0.5) is 4.79 Å². The Balaban J connectivity index is 1.32. The first kappa shape index (κ1) is 34.5. The van der Waals surface area contributed by atoms with Crippen LogP contribution in [0.25, 0.3) is 11.0 Å². The molecule has 4 heterocycles. The SMILES string of the molecule is C[C@@H]1[C@@H]2CN(C(=O)[C@H](C(C)(C)C)NC(=O)O[C@]3(C)CCC[C@H]3CCCCCc3nc4ccc(OCc5cnccn5)cc4nc3O2)[C@@H]1C=O. The molecule has 2 aromatic heterocycles. The Labute approximate surface area is 287 Å². The molecule has 0 unspecified atom stereocenters. The lowest BCUT2D eigenvalue weighted by molar-refractivity contribution is -0.139. The number of nitrogens with zero attached hydrogens (tertiary/aromatic N) is 5. The molecular formula is C37H48N6O6. The first-order valence-electron chi connectivity index (χ1n) is 17.6. The first-order valence-corrected chi connectivity index (χ1v) is 17.6. The number of carbonyl (C=O) groups is 3. The summed E-state index contributed by atoms with van der Waals surface area (Å²) in [4.78, 5) is 60.0. The normalized spacial score (nSPS) is 28.3. The number of hydrogen-bond donors (Lipinski definition) is 1. The molecule has 6 rings (SSSR count). The predicted molar refractivity (Wildman–Crippen MR) is 182 cm³/mol. The van der Waals surface area contributed by atoms with Gasteiger partial charge in [-0.25, -0.2) is 14.8 Å². The molecule has 1 aromatic carbocycles. The highest BCUT2D eigenvalue weighted by molar-refractivity contribution is 5.89. The van der Waals surface area contributed by atoms with Gasteiger partial charge in [-0.1, -0.05) is 40.5 Å². The molecule has 2 aliphatic heterocycles. The molecule has 1 saturated carbocycles. The second-order valence-corrected chi connectivity index (χ2v) is 15.1. The highest BCUT2D eigenvalue weighted by Crippen LogP contribution is 2.42. The van der Waals surface area contributed by atoms with Crippen molar-refractivity contribution in [2.45, 2.75) is 116 Å². The molecule has 2 amide bonds. The monoisotopic (exact) mass is 672 g/mol. The van der Waals surface area contributed by atoms with Crippen LogP contribution in [0.1, 0.15) is 91.0 Å². The summed E-state index contributed by atoms with van der Waals surface area (Å²) < 4.78 is 18.7. The predicted octanol–water partition coefficient (Wildman–Crippen LogP) is 5.61. The quantitative estimate of drug-likeness (QED) is 0.347. The van der Waals surface area contributed by atoms with Crippen molar-refractivity contribution in [1.29, 1.82) is 0 Å². The van der Waals surface area contributed by atoms with Crippen LogP contribution in [0.5, 0.6) is 11.6 Å². The van der Waals surface area contributed by atoms with Gasteiger partial charge >= 0.3 is 6.09 Å². The number of rotatable bonds is 4. The summed E-state index contributed by atoms with van der Waals surface area (Å²) in [6.45, 7) is 10.0. The second-order valence-electron chi connectivity index (χ2n) is 15.1. The summed E-state index contributed by atoms with van der Waals surface area (Å²) in [5.74, 6) is 0.570. The molecular weight excluding hydrogens is 624 g/mol. The van der Waals surface area contributed by atoms with Crippen LogP contribution in [0.2, 0.25) is 0 Å². The lowest BCUT2D eigenvalue weighted by atomic mass is 9.85. The number of benzene rings is 1. The van der Waals surface area contributed by atoms with E-state index in [1.807, 2.05) is 52.8 Å². The molecule has 6 atom stereocenters. The van der Waals surface area contributed by atoms with Crippen LogP contribution in [0.3, 0.4) is 0 Å². The van der Waals surface area contributed by atoms with Gasteiger partial charge in [0.2, 0.25) is 11.8 Å². The molecule has 2 fully saturated rings. The van der Waals surface area contributed by atoms with Crippen LogP contribution < -0.4 is 14.8 Å². The van der Waals surface area contributed by atoms with Gasteiger partial charge in [-0.3, -0.25) is 14.8 Å². The van der Waals surface area contributed by atoms with Crippen molar-refractivity contribution in [3.8, 4) is 11.6 Å². The average Bonchev–Trinajstić information content (AvgIpc) is 3.59. The summed E-state index contributed by atoms with van der Waals surface area (Å²) in [5.41, 5.74) is 1.54. The zero-order valence-electron chi connectivity index (χ0n) is 29.2. The molecule has 1 aliphatic carbocycles. The minimum Gasteiger partial charge on any atom is -0.487 e. The van der Waals surface area contributed by atoms with Gasteiger partial charge in [-0.15, -0.1) is 0 Å². The fourth-order valence-electron chi connectivity index (χ4n) is 7.50. The third kappa shape index (κ3) is 7.63. The molecule has 3 aliphatic rings.